The van der Waals surface area contributed by atoms with E-state index in [2.05, 4.69) is 4.98 Å². The fourth-order valence-electron chi connectivity index (χ4n) is 1.93. The minimum atomic E-state index is -1.16. The molecule has 1 heterocycles. The number of aromatic carboxylic acids is 1. The number of methoxy groups -OCH3 is 3. The van der Waals surface area contributed by atoms with Gasteiger partial charge in [-0.3, -0.25) is 0 Å². The van der Waals surface area contributed by atoms with Crippen molar-refractivity contribution in [2.45, 2.75) is 0 Å². The summed E-state index contributed by atoms with van der Waals surface area (Å²) in [6.45, 7) is 0. The van der Waals surface area contributed by atoms with E-state index in [0.717, 1.165) is 0 Å². The third-order valence-electron chi connectivity index (χ3n) is 2.77. The SMILES string of the molecule is COc1cc2nc(C(=O)O)cc(Cl)c2c(OC)c1OC. The molecule has 0 atom stereocenters. The number of carboxylic acid groups (broad SMARTS) is 1. The number of carboxylic acids is 1. The number of carbonyl (C=O) groups is 1. The number of ether oxygens (including phenoxy) is 3. The molecule has 0 aliphatic carbocycles. The number of hydrogen-bond donors (Lipinski definition) is 1. The highest BCUT2D eigenvalue weighted by Crippen LogP contribution is 2.45. The highest BCUT2D eigenvalue weighted by atomic mass is 35.5. The van der Waals surface area contributed by atoms with Gasteiger partial charge in [0.1, 0.15) is 5.69 Å². The van der Waals surface area contributed by atoms with Crippen molar-refractivity contribution < 1.29 is 24.1 Å². The Balaban J connectivity index is 2.90. The first-order valence-corrected chi connectivity index (χ1v) is 5.93. The summed E-state index contributed by atoms with van der Waals surface area (Å²) in [6.07, 6.45) is 0. The van der Waals surface area contributed by atoms with Gasteiger partial charge in [0.15, 0.2) is 11.5 Å². The summed E-state index contributed by atoms with van der Waals surface area (Å²) in [5, 5.41) is 9.70. The van der Waals surface area contributed by atoms with Crippen molar-refractivity contribution in [3.8, 4) is 17.2 Å². The molecule has 6 nitrogen and oxygen atoms in total. The molecule has 0 radical (unpaired) electrons. The molecule has 2 rings (SSSR count). The Morgan fingerprint density at radius 2 is 1.80 bits per heavy atom. The van der Waals surface area contributed by atoms with E-state index in [0.29, 0.717) is 28.2 Å². The zero-order chi connectivity index (χ0) is 14.9. The van der Waals surface area contributed by atoms with Gasteiger partial charge >= 0.3 is 5.97 Å². The number of nitrogens with zero attached hydrogens (tertiary/aromatic N) is 1. The molecule has 1 aromatic heterocycles. The van der Waals surface area contributed by atoms with Crippen molar-refractivity contribution in [1.82, 2.24) is 4.98 Å². The lowest BCUT2D eigenvalue weighted by molar-refractivity contribution is 0.0691. The molecule has 0 spiro atoms. The predicted octanol–water partition coefficient (Wildman–Crippen LogP) is 2.61. The van der Waals surface area contributed by atoms with Gasteiger partial charge in [-0.05, 0) is 6.07 Å². The second-order valence-electron chi connectivity index (χ2n) is 3.83. The van der Waals surface area contributed by atoms with Crippen LogP contribution < -0.4 is 14.2 Å². The molecule has 1 aromatic carbocycles. The van der Waals surface area contributed by atoms with Crippen LogP contribution in [0, 0.1) is 0 Å². The predicted molar refractivity (Wildman–Crippen MR) is 73.4 cm³/mol. The van der Waals surface area contributed by atoms with Crippen LogP contribution in [-0.4, -0.2) is 37.4 Å². The average Bonchev–Trinajstić information content (AvgIpc) is 2.44. The summed E-state index contributed by atoms with van der Waals surface area (Å²) >= 11 is 6.13. The third-order valence-corrected chi connectivity index (χ3v) is 3.07. The average molecular weight is 298 g/mol. The topological polar surface area (TPSA) is 77.9 Å². The Hall–Kier alpha value is -2.21. The van der Waals surface area contributed by atoms with Crippen molar-refractivity contribution in [3.05, 3.63) is 22.8 Å². The first-order valence-electron chi connectivity index (χ1n) is 5.56. The number of fused-ring (bicyclic) bond motifs is 1. The van der Waals surface area contributed by atoms with Crippen LogP contribution in [0.15, 0.2) is 12.1 Å². The standard InChI is InChI=1S/C13H12ClNO5/c1-18-9-5-7-10(12(20-3)11(9)19-2)6(14)4-8(15-7)13(16)17/h4-5H,1-3H3,(H,16,17). The lowest BCUT2D eigenvalue weighted by Gasteiger charge is -2.15. The van der Waals surface area contributed by atoms with Gasteiger partial charge in [0.2, 0.25) is 5.75 Å². The molecule has 0 fully saturated rings. The maximum atomic E-state index is 11.0. The molecule has 0 bridgehead atoms. The van der Waals surface area contributed by atoms with Gasteiger partial charge in [0, 0.05) is 6.07 Å². The molecule has 0 aliphatic rings. The summed E-state index contributed by atoms with van der Waals surface area (Å²) in [5.74, 6) is -0.0731. The zero-order valence-corrected chi connectivity index (χ0v) is 11.8. The Labute approximate surface area is 119 Å². The summed E-state index contributed by atoms with van der Waals surface area (Å²) in [7, 11) is 4.39. The van der Waals surface area contributed by atoms with Gasteiger partial charge in [-0.2, -0.15) is 0 Å². The number of halogens is 1. The number of pyridine rings is 1. The molecular weight excluding hydrogens is 286 g/mol. The number of hydrogen-bond acceptors (Lipinski definition) is 5. The lowest BCUT2D eigenvalue weighted by atomic mass is 10.1. The molecular formula is C13H12ClNO5. The van der Waals surface area contributed by atoms with E-state index < -0.39 is 5.97 Å². The quantitative estimate of drug-likeness (QED) is 0.934. The second-order valence-corrected chi connectivity index (χ2v) is 4.24. The van der Waals surface area contributed by atoms with Crippen molar-refractivity contribution in [2.75, 3.05) is 21.3 Å². The molecule has 106 valence electrons. The van der Waals surface area contributed by atoms with Crippen LogP contribution in [0.3, 0.4) is 0 Å². The van der Waals surface area contributed by atoms with Gasteiger partial charge in [-0.1, -0.05) is 11.6 Å². The van der Waals surface area contributed by atoms with Crippen LogP contribution in [0.2, 0.25) is 5.02 Å². The summed E-state index contributed by atoms with van der Waals surface area (Å²) in [5.41, 5.74) is 0.196. The fourth-order valence-corrected chi connectivity index (χ4v) is 2.21. The Kier molecular flexibility index (Phi) is 3.85. The maximum Gasteiger partial charge on any atom is 0.354 e. The van der Waals surface area contributed by atoms with Crippen molar-refractivity contribution in [3.63, 3.8) is 0 Å². The van der Waals surface area contributed by atoms with E-state index in [9.17, 15) is 4.79 Å². The smallest absolute Gasteiger partial charge is 0.354 e. The highest BCUT2D eigenvalue weighted by molar-refractivity contribution is 6.36. The Morgan fingerprint density at radius 3 is 2.30 bits per heavy atom. The summed E-state index contributed by atoms with van der Waals surface area (Å²) in [4.78, 5) is 15.0. The first kappa shape index (κ1) is 14.2. The van der Waals surface area contributed by atoms with Gasteiger partial charge in [0.25, 0.3) is 0 Å². The first-order chi connectivity index (χ1) is 9.53. The van der Waals surface area contributed by atoms with Crippen molar-refractivity contribution in [2.24, 2.45) is 0 Å². The molecule has 0 saturated heterocycles. The lowest BCUT2D eigenvalue weighted by Crippen LogP contribution is -2.02. The number of rotatable bonds is 4. The summed E-state index contributed by atoms with van der Waals surface area (Å²) < 4.78 is 15.7. The van der Waals surface area contributed by atoms with E-state index >= 15 is 0 Å². The van der Waals surface area contributed by atoms with Crippen LogP contribution >= 0.6 is 11.6 Å². The third kappa shape index (κ3) is 2.18. The van der Waals surface area contributed by atoms with Crippen molar-refractivity contribution in [1.29, 1.82) is 0 Å². The van der Waals surface area contributed by atoms with Crippen LogP contribution in [-0.2, 0) is 0 Å². The maximum absolute atomic E-state index is 11.0. The van der Waals surface area contributed by atoms with E-state index in [-0.39, 0.29) is 10.7 Å². The second kappa shape index (κ2) is 5.42. The van der Waals surface area contributed by atoms with E-state index in [1.165, 1.54) is 27.4 Å². The van der Waals surface area contributed by atoms with Gasteiger partial charge < -0.3 is 19.3 Å². The monoisotopic (exact) mass is 297 g/mol. The molecule has 1 N–H and O–H groups in total. The normalized spacial score (nSPS) is 10.4. The summed E-state index contributed by atoms with van der Waals surface area (Å²) in [6, 6.07) is 2.82. The van der Waals surface area contributed by atoms with Gasteiger partial charge in [-0.25, -0.2) is 9.78 Å². The van der Waals surface area contributed by atoms with Crippen LogP contribution in [0.5, 0.6) is 17.2 Å². The van der Waals surface area contributed by atoms with Gasteiger partial charge in [0.05, 0.1) is 37.3 Å². The molecule has 0 unspecified atom stereocenters. The Bertz CT molecular complexity index is 686. The zero-order valence-electron chi connectivity index (χ0n) is 11.1. The molecule has 0 saturated carbocycles. The van der Waals surface area contributed by atoms with E-state index in [4.69, 9.17) is 30.9 Å². The molecule has 0 aliphatic heterocycles. The van der Waals surface area contributed by atoms with Crippen LogP contribution in [0.1, 0.15) is 10.5 Å². The molecule has 20 heavy (non-hydrogen) atoms. The van der Waals surface area contributed by atoms with Gasteiger partial charge in [-0.15, -0.1) is 0 Å². The minimum Gasteiger partial charge on any atom is -0.493 e. The van der Waals surface area contributed by atoms with E-state index in [1.54, 1.807) is 6.07 Å². The molecule has 0 amide bonds. The molecule has 7 heteroatoms. The van der Waals surface area contributed by atoms with Crippen LogP contribution in [0.25, 0.3) is 10.9 Å². The van der Waals surface area contributed by atoms with Crippen molar-refractivity contribution >= 4 is 28.5 Å². The molecule has 2 aromatic rings. The fraction of sp³-hybridized carbons (Fsp3) is 0.231. The largest absolute Gasteiger partial charge is 0.493 e. The van der Waals surface area contributed by atoms with E-state index in [1.807, 2.05) is 0 Å². The highest BCUT2D eigenvalue weighted by Gasteiger charge is 2.20. The number of benzene rings is 1. The van der Waals surface area contributed by atoms with Crippen LogP contribution in [0.4, 0.5) is 0 Å². The Morgan fingerprint density at radius 1 is 1.15 bits per heavy atom. The minimum absolute atomic E-state index is 0.156. The number of aromatic nitrogens is 1.